The summed E-state index contributed by atoms with van der Waals surface area (Å²) in [6.45, 7) is 3.15. The summed E-state index contributed by atoms with van der Waals surface area (Å²) >= 11 is 1.51. The Kier molecular flexibility index (Phi) is 6.06. The molecule has 0 bridgehead atoms. The number of fused-ring (bicyclic) bond motifs is 1. The van der Waals surface area contributed by atoms with Crippen molar-refractivity contribution in [3.8, 4) is 0 Å². The molecule has 4 rings (SSSR count). The summed E-state index contributed by atoms with van der Waals surface area (Å²) in [5.41, 5.74) is 2.87. The van der Waals surface area contributed by atoms with Crippen LogP contribution in [0.1, 0.15) is 51.0 Å². The van der Waals surface area contributed by atoms with E-state index in [4.69, 9.17) is 0 Å². The minimum atomic E-state index is -0.566. The maximum atomic E-state index is 10.7. The van der Waals surface area contributed by atoms with Crippen molar-refractivity contribution in [3.63, 3.8) is 0 Å². The van der Waals surface area contributed by atoms with Gasteiger partial charge in [-0.2, -0.15) is 0 Å². The third-order valence-corrected chi connectivity index (χ3v) is 6.90. The van der Waals surface area contributed by atoms with Crippen LogP contribution in [-0.4, -0.2) is 16.7 Å². The second-order valence-electron chi connectivity index (χ2n) is 7.93. The molecule has 1 aliphatic carbocycles. The molecular weight excluding hydrogens is 352 g/mol. The van der Waals surface area contributed by atoms with Crippen molar-refractivity contribution < 1.29 is 5.11 Å². The summed E-state index contributed by atoms with van der Waals surface area (Å²) in [7, 11) is 0. The number of aliphatic hydroxyl groups is 1. The van der Waals surface area contributed by atoms with Gasteiger partial charge in [0.25, 0.3) is 0 Å². The number of para-hydroxylation sites is 2. The van der Waals surface area contributed by atoms with Crippen molar-refractivity contribution in [2.45, 2.75) is 68.5 Å². The highest BCUT2D eigenvalue weighted by Gasteiger charge is 2.30. The molecule has 0 spiro atoms. The van der Waals surface area contributed by atoms with E-state index in [1.807, 2.05) is 12.1 Å². The number of thioether (sulfide) groups is 1. The Labute approximate surface area is 167 Å². The molecule has 2 N–H and O–H groups in total. The predicted octanol–water partition coefficient (Wildman–Crippen LogP) is 5.65. The molecular formula is C23H30N2OS. The lowest BCUT2D eigenvalue weighted by molar-refractivity contribution is 0.272. The summed E-state index contributed by atoms with van der Waals surface area (Å²) in [5.74, 6) is 0.889. The van der Waals surface area contributed by atoms with Gasteiger partial charge in [0.2, 0.25) is 0 Å². The Morgan fingerprint density at radius 1 is 1.04 bits per heavy atom. The lowest BCUT2D eigenvalue weighted by Crippen LogP contribution is -2.30. The Bertz CT molecular complexity index is 760. The van der Waals surface area contributed by atoms with Crippen LogP contribution in [0.4, 0.5) is 11.4 Å². The highest BCUT2D eigenvalue weighted by molar-refractivity contribution is 8.00. The van der Waals surface area contributed by atoms with E-state index in [-0.39, 0.29) is 0 Å². The van der Waals surface area contributed by atoms with E-state index in [0.717, 1.165) is 28.7 Å². The van der Waals surface area contributed by atoms with Crippen molar-refractivity contribution in [3.05, 3.63) is 54.1 Å². The van der Waals surface area contributed by atoms with E-state index in [1.54, 1.807) is 0 Å². The summed E-state index contributed by atoms with van der Waals surface area (Å²) < 4.78 is 0. The molecule has 144 valence electrons. The molecule has 2 aromatic carbocycles. The summed E-state index contributed by atoms with van der Waals surface area (Å²) in [6.07, 6.45) is 8.30. The van der Waals surface area contributed by atoms with Crippen LogP contribution < -0.4 is 10.2 Å². The van der Waals surface area contributed by atoms with Crippen molar-refractivity contribution in [2.75, 3.05) is 4.90 Å². The Morgan fingerprint density at radius 2 is 1.74 bits per heavy atom. The van der Waals surface area contributed by atoms with Crippen LogP contribution in [0.3, 0.4) is 0 Å². The van der Waals surface area contributed by atoms with Crippen LogP contribution in [0.2, 0.25) is 0 Å². The van der Waals surface area contributed by atoms with Crippen LogP contribution in [0.15, 0.2) is 53.4 Å². The first kappa shape index (κ1) is 18.9. The molecule has 2 aliphatic rings. The topological polar surface area (TPSA) is 35.5 Å². The predicted molar refractivity (Wildman–Crippen MR) is 114 cm³/mol. The van der Waals surface area contributed by atoms with Gasteiger partial charge in [0.1, 0.15) is 0 Å². The molecule has 4 heteroatoms. The van der Waals surface area contributed by atoms with Gasteiger partial charge in [-0.15, -0.1) is 0 Å². The first-order chi connectivity index (χ1) is 13.2. The zero-order valence-corrected chi connectivity index (χ0v) is 16.9. The zero-order chi connectivity index (χ0) is 18.6. The molecule has 3 nitrogen and oxygen atoms in total. The fourth-order valence-corrected chi connectivity index (χ4v) is 5.48. The average Bonchev–Trinajstić information content (AvgIpc) is 3.03. The normalized spacial score (nSPS) is 21.3. The van der Waals surface area contributed by atoms with Gasteiger partial charge < -0.3 is 15.3 Å². The summed E-state index contributed by atoms with van der Waals surface area (Å²) in [6, 6.07) is 17.2. The number of rotatable bonds is 6. The smallest absolute Gasteiger partial charge is 0.184 e. The molecule has 1 saturated carbocycles. The van der Waals surface area contributed by atoms with Crippen molar-refractivity contribution in [1.29, 1.82) is 0 Å². The van der Waals surface area contributed by atoms with E-state index in [1.165, 1.54) is 55.9 Å². The first-order valence-corrected chi connectivity index (χ1v) is 11.1. The number of hydrogen-bond donors (Lipinski definition) is 2. The average molecular weight is 383 g/mol. The zero-order valence-electron chi connectivity index (χ0n) is 16.1. The van der Waals surface area contributed by atoms with Crippen LogP contribution >= 0.6 is 11.8 Å². The highest BCUT2D eigenvalue weighted by Crippen LogP contribution is 2.47. The Hall–Kier alpha value is -1.49. The lowest BCUT2D eigenvalue weighted by atomic mass is 9.85. The number of aliphatic hydroxyl groups excluding tert-OH is 1. The quantitative estimate of drug-likeness (QED) is 0.676. The van der Waals surface area contributed by atoms with Crippen LogP contribution in [-0.2, 0) is 6.54 Å². The van der Waals surface area contributed by atoms with Gasteiger partial charge in [0.15, 0.2) is 5.56 Å². The molecule has 1 fully saturated rings. The molecule has 2 aromatic rings. The Morgan fingerprint density at radius 3 is 2.56 bits per heavy atom. The van der Waals surface area contributed by atoms with Gasteiger partial charge in [0, 0.05) is 23.2 Å². The van der Waals surface area contributed by atoms with E-state index < -0.39 is 5.56 Å². The van der Waals surface area contributed by atoms with Gasteiger partial charge in [-0.3, -0.25) is 0 Å². The van der Waals surface area contributed by atoms with Gasteiger partial charge in [-0.1, -0.05) is 74.2 Å². The fraction of sp³-hybridized carbons (Fsp3) is 0.478. The SMILES string of the molecule is C[C@@H](CC1CCCCC1)NCc1ccccc1N1c2ccccc2SC1O. The van der Waals surface area contributed by atoms with Crippen molar-refractivity contribution in [2.24, 2.45) is 5.92 Å². The van der Waals surface area contributed by atoms with Crippen molar-refractivity contribution in [1.82, 2.24) is 5.32 Å². The molecule has 2 atom stereocenters. The molecule has 0 amide bonds. The lowest BCUT2D eigenvalue weighted by Gasteiger charge is -2.27. The summed E-state index contributed by atoms with van der Waals surface area (Å²) in [4.78, 5) is 3.20. The first-order valence-electron chi connectivity index (χ1n) is 10.3. The van der Waals surface area contributed by atoms with Gasteiger partial charge >= 0.3 is 0 Å². The molecule has 1 unspecified atom stereocenters. The second kappa shape index (κ2) is 8.68. The third-order valence-electron chi connectivity index (χ3n) is 5.88. The maximum Gasteiger partial charge on any atom is 0.184 e. The molecule has 27 heavy (non-hydrogen) atoms. The summed E-state index contributed by atoms with van der Waals surface area (Å²) in [5, 5.41) is 14.4. The molecule has 0 saturated heterocycles. The standard InChI is InChI=1S/C23H30N2OS/c1-17(15-18-9-3-2-4-10-18)24-16-19-11-5-6-12-20(19)25-21-13-7-8-14-22(21)27-23(25)26/h5-8,11-14,17-18,23-24,26H,2-4,9-10,15-16H2,1H3/t17-,23?/m0/s1. The largest absolute Gasteiger partial charge is 0.364 e. The fourth-order valence-electron chi connectivity index (χ4n) is 4.48. The third kappa shape index (κ3) is 4.34. The number of hydrogen-bond acceptors (Lipinski definition) is 4. The van der Waals surface area contributed by atoms with Crippen LogP contribution in [0, 0.1) is 5.92 Å². The van der Waals surface area contributed by atoms with Crippen molar-refractivity contribution >= 4 is 23.1 Å². The minimum absolute atomic E-state index is 0.520. The van der Waals surface area contributed by atoms with E-state index in [2.05, 4.69) is 53.5 Å². The van der Waals surface area contributed by atoms with E-state index >= 15 is 0 Å². The molecule has 1 aliphatic heterocycles. The van der Waals surface area contributed by atoms with Crippen LogP contribution in [0.5, 0.6) is 0 Å². The van der Waals surface area contributed by atoms with Crippen LogP contribution in [0.25, 0.3) is 0 Å². The second-order valence-corrected chi connectivity index (χ2v) is 9.03. The monoisotopic (exact) mass is 382 g/mol. The van der Waals surface area contributed by atoms with Gasteiger partial charge in [-0.05, 0) is 43.0 Å². The van der Waals surface area contributed by atoms with Gasteiger partial charge in [-0.25, -0.2) is 0 Å². The number of nitrogens with zero attached hydrogens (tertiary/aromatic N) is 1. The number of anilines is 2. The van der Waals surface area contributed by atoms with E-state index in [0.29, 0.717) is 6.04 Å². The van der Waals surface area contributed by atoms with Gasteiger partial charge in [0.05, 0.1) is 5.69 Å². The maximum absolute atomic E-state index is 10.7. The number of benzene rings is 2. The van der Waals surface area contributed by atoms with E-state index in [9.17, 15) is 5.11 Å². The minimum Gasteiger partial charge on any atom is -0.364 e. The molecule has 1 heterocycles. The Balaban J connectivity index is 1.45. The highest BCUT2D eigenvalue weighted by atomic mass is 32.2. The molecule has 0 aromatic heterocycles. The number of nitrogens with one attached hydrogen (secondary N) is 1. The molecule has 0 radical (unpaired) electrons.